The molecule has 11 heavy (non-hydrogen) atoms. The van der Waals surface area contributed by atoms with Gasteiger partial charge in [0.25, 0.3) is 0 Å². The number of rotatable bonds is 3. The molecule has 1 atom stereocenters. The van der Waals surface area contributed by atoms with Crippen LogP contribution in [-0.4, -0.2) is 25.3 Å². The topological polar surface area (TPSA) is 30.8 Å². The van der Waals surface area contributed by atoms with Crippen molar-refractivity contribution in [1.29, 1.82) is 0 Å². The maximum Gasteiger partial charge on any atom is 0.182 e. The molecule has 1 unspecified atom stereocenters. The molecule has 1 aliphatic rings. The van der Waals surface area contributed by atoms with Crippen LogP contribution in [0.25, 0.3) is 0 Å². The summed E-state index contributed by atoms with van der Waals surface area (Å²) < 4.78 is 10.4. The summed E-state index contributed by atoms with van der Waals surface area (Å²) in [6, 6.07) is 0. The maximum absolute atomic E-state index is 5.32. The van der Waals surface area contributed by atoms with Gasteiger partial charge in [-0.25, -0.2) is 4.99 Å². The van der Waals surface area contributed by atoms with Crippen molar-refractivity contribution in [1.82, 2.24) is 0 Å². The number of aliphatic imine (C=N–C) groups is 1. The van der Waals surface area contributed by atoms with Gasteiger partial charge in [0.2, 0.25) is 0 Å². The van der Waals surface area contributed by atoms with Gasteiger partial charge < -0.3 is 9.47 Å². The van der Waals surface area contributed by atoms with Crippen LogP contribution in [0.5, 0.6) is 0 Å². The molecule has 0 spiro atoms. The van der Waals surface area contributed by atoms with Gasteiger partial charge in [0.05, 0.1) is 13.2 Å². The number of ether oxygens (including phenoxy) is 2. The van der Waals surface area contributed by atoms with Crippen molar-refractivity contribution in [2.24, 2.45) is 4.99 Å². The van der Waals surface area contributed by atoms with Crippen LogP contribution >= 0.6 is 0 Å². The second kappa shape index (κ2) is 4.13. The zero-order valence-corrected chi connectivity index (χ0v) is 6.75. The SMILES string of the molecule is C=CCOC1CCOC(C)=N1. The fourth-order valence-corrected chi connectivity index (χ4v) is 0.912. The lowest BCUT2D eigenvalue weighted by molar-refractivity contribution is 0.0472. The first kappa shape index (κ1) is 8.27. The first-order valence-corrected chi connectivity index (χ1v) is 3.72. The summed E-state index contributed by atoms with van der Waals surface area (Å²) in [5.74, 6) is 0.713. The molecular weight excluding hydrogens is 142 g/mol. The third-order valence-corrected chi connectivity index (χ3v) is 1.41. The highest BCUT2D eigenvalue weighted by atomic mass is 16.5. The van der Waals surface area contributed by atoms with E-state index in [0.29, 0.717) is 19.1 Å². The highest BCUT2D eigenvalue weighted by molar-refractivity contribution is 5.73. The van der Waals surface area contributed by atoms with Gasteiger partial charge in [-0.15, -0.1) is 6.58 Å². The van der Waals surface area contributed by atoms with E-state index in [4.69, 9.17) is 9.47 Å². The predicted molar refractivity (Wildman–Crippen MR) is 43.6 cm³/mol. The normalized spacial score (nSPS) is 23.7. The molecule has 0 aromatic carbocycles. The van der Waals surface area contributed by atoms with Crippen molar-refractivity contribution in [2.45, 2.75) is 19.6 Å². The molecule has 0 aliphatic carbocycles. The lowest BCUT2D eigenvalue weighted by atomic mass is 10.4. The van der Waals surface area contributed by atoms with Crippen LogP contribution in [0, 0.1) is 0 Å². The highest BCUT2D eigenvalue weighted by Gasteiger charge is 2.12. The summed E-state index contributed by atoms with van der Waals surface area (Å²) in [5.41, 5.74) is 0. The van der Waals surface area contributed by atoms with Gasteiger partial charge in [-0.2, -0.15) is 0 Å². The molecule has 1 heterocycles. The van der Waals surface area contributed by atoms with E-state index in [2.05, 4.69) is 11.6 Å². The number of hydrogen-bond acceptors (Lipinski definition) is 3. The summed E-state index contributed by atoms with van der Waals surface area (Å²) in [6.07, 6.45) is 2.53. The third kappa shape index (κ3) is 2.72. The second-order valence-electron chi connectivity index (χ2n) is 2.36. The van der Waals surface area contributed by atoms with Crippen molar-refractivity contribution >= 4 is 5.90 Å². The van der Waals surface area contributed by atoms with E-state index in [1.165, 1.54) is 0 Å². The van der Waals surface area contributed by atoms with E-state index in [1.54, 1.807) is 6.08 Å². The van der Waals surface area contributed by atoms with Gasteiger partial charge in [-0.05, 0) is 0 Å². The average Bonchev–Trinajstić information content (AvgIpc) is 2.01. The molecule has 0 amide bonds. The van der Waals surface area contributed by atoms with Crippen molar-refractivity contribution in [3.8, 4) is 0 Å². The van der Waals surface area contributed by atoms with Crippen molar-refractivity contribution in [3.63, 3.8) is 0 Å². The number of nitrogens with zero attached hydrogens (tertiary/aromatic N) is 1. The molecule has 0 fully saturated rings. The van der Waals surface area contributed by atoms with E-state index in [1.807, 2.05) is 6.92 Å². The summed E-state index contributed by atoms with van der Waals surface area (Å²) >= 11 is 0. The lowest BCUT2D eigenvalue weighted by Crippen LogP contribution is -2.21. The lowest BCUT2D eigenvalue weighted by Gasteiger charge is -2.18. The van der Waals surface area contributed by atoms with E-state index < -0.39 is 0 Å². The van der Waals surface area contributed by atoms with Gasteiger partial charge in [0.1, 0.15) is 0 Å². The van der Waals surface area contributed by atoms with E-state index in [-0.39, 0.29) is 6.23 Å². The molecule has 0 bridgehead atoms. The first-order valence-electron chi connectivity index (χ1n) is 3.72. The molecule has 1 rings (SSSR count). The molecular formula is C8H13NO2. The number of hydrogen-bond donors (Lipinski definition) is 0. The van der Waals surface area contributed by atoms with E-state index in [9.17, 15) is 0 Å². The average molecular weight is 155 g/mol. The summed E-state index contributed by atoms with van der Waals surface area (Å²) in [6.45, 7) is 6.66. The molecule has 3 heteroatoms. The van der Waals surface area contributed by atoms with Crippen LogP contribution in [0.2, 0.25) is 0 Å². The fourth-order valence-electron chi connectivity index (χ4n) is 0.912. The van der Waals surface area contributed by atoms with Gasteiger partial charge in [0.15, 0.2) is 12.1 Å². The molecule has 0 N–H and O–H groups in total. The summed E-state index contributed by atoms with van der Waals surface area (Å²) in [4.78, 5) is 4.14. The molecule has 0 radical (unpaired) electrons. The monoisotopic (exact) mass is 155 g/mol. The molecule has 0 saturated carbocycles. The molecule has 0 aromatic rings. The van der Waals surface area contributed by atoms with Crippen LogP contribution in [-0.2, 0) is 9.47 Å². The Labute approximate surface area is 66.7 Å². The first-order chi connectivity index (χ1) is 5.33. The molecule has 62 valence electrons. The van der Waals surface area contributed by atoms with E-state index >= 15 is 0 Å². The fraction of sp³-hybridized carbons (Fsp3) is 0.625. The largest absolute Gasteiger partial charge is 0.481 e. The van der Waals surface area contributed by atoms with Gasteiger partial charge in [-0.3, -0.25) is 0 Å². The predicted octanol–water partition coefficient (Wildman–Crippen LogP) is 1.35. The zero-order valence-electron chi connectivity index (χ0n) is 6.75. The summed E-state index contributed by atoms with van der Waals surface area (Å²) in [7, 11) is 0. The third-order valence-electron chi connectivity index (χ3n) is 1.41. The quantitative estimate of drug-likeness (QED) is 0.576. The smallest absolute Gasteiger partial charge is 0.182 e. The molecule has 1 aliphatic heterocycles. The van der Waals surface area contributed by atoms with Crippen LogP contribution in [0.15, 0.2) is 17.6 Å². The highest BCUT2D eigenvalue weighted by Crippen LogP contribution is 2.07. The van der Waals surface area contributed by atoms with Gasteiger partial charge in [0, 0.05) is 13.3 Å². The minimum Gasteiger partial charge on any atom is -0.481 e. The van der Waals surface area contributed by atoms with E-state index in [0.717, 1.165) is 6.42 Å². The maximum atomic E-state index is 5.32. The van der Waals surface area contributed by atoms with Gasteiger partial charge in [-0.1, -0.05) is 6.08 Å². The Morgan fingerprint density at radius 3 is 3.36 bits per heavy atom. The molecule has 0 saturated heterocycles. The Balaban J connectivity index is 2.33. The van der Waals surface area contributed by atoms with Crippen LogP contribution < -0.4 is 0 Å². The Hall–Kier alpha value is -0.830. The Morgan fingerprint density at radius 1 is 1.91 bits per heavy atom. The minimum atomic E-state index is -0.0262. The van der Waals surface area contributed by atoms with Crippen molar-refractivity contribution in [2.75, 3.05) is 13.2 Å². The summed E-state index contributed by atoms with van der Waals surface area (Å²) in [5, 5.41) is 0. The van der Waals surface area contributed by atoms with Gasteiger partial charge >= 0.3 is 0 Å². The second-order valence-corrected chi connectivity index (χ2v) is 2.36. The zero-order chi connectivity index (χ0) is 8.10. The van der Waals surface area contributed by atoms with Crippen LogP contribution in [0.1, 0.15) is 13.3 Å². The standard InChI is InChI=1S/C8H13NO2/c1-3-5-11-8-4-6-10-7(2)9-8/h3,8H,1,4-6H2,2H3. The minimum absolute atomic E-state index is 0.0262. The Bertz CT molecular complexity index is 165. The molecule has 3 nitrogen and oxygen atoms in total. The van der Waals surface area contributed by atoms with Crippen LogP contribution in [0.4, 0.5) is 0 Å². The Kier molecular flexibility index (Phi) is 3.11. The Morgan fingerprint density at radius 2 is 2.73 bits per heavy atom. The van der Waals surface area contributed by atoms with Crippen molar-refractivity contribution in [3.05, 3.63) is 12.7 Å². The van der Waals surface area contributed by atoms with Crippen LogP contribution in [0.3, 0.4) is 0 Å². The van der Waals surface area contributed by atoms with Crippen molar-refractivity contribution < 1.29 is 9.47 Å². The molecule has 0 aromatic heterocycles.